The number of nitrogens with zero attached hydrogens (tertiary/aromatic N) is 2. The van der Waals surface area contributed by atoms with Crippen molar-refractivity contribution in [2.24, 2.45) is 0 Å². The number of aromatic nitrogens is 2. The SMILES string of the molecule is COC(=O)C(C(=O)Nc1nc(-c2c(C)cc(C)cc2C)cs1)n1ccc2ccccc21. The maximum atomic E-state index is 13.1. The van der Waals surface area contributed by atoms with Crippen molar-refractivity contribution in [3.8, 4) is 11.3 Å². The highest BCUT2D eigenvalue weighted by Crippen LogP contribution is 2.31. The Bertz CT molecular complexity index is 1270. The second kappa shape index (κ2) is 8.35. The van der Waals surface area contributed by atoms with Gasteiger partial charge < -0.3 is 9.30 Å². The number of carbonyl (C=O) groups is 2. The Morgan fingerprint density at radius 2 is 1.81 bits per heavy atom. The van der Waals surface area contributed by atoms with Gasteiger partial charge in [0.05, 0.1) is 12.8 Å². The molecule has 1 atom stereocenters. The number of thiazole rings is 1. The van der Waals surface area contributed by atoms with E-state index in [0.29, 0.717) is 5.13 Å². The van der Waals surface area contributed by atoms with Crippen LogP contribution in [0.1, 0.15) is 22.7 Å². The van der Waals surface area contributed by atoms with Crippen LogP contribution >= 0.6 is 11.3 Å². The fourth-order valence-electron chi connectivity index (χ4n) is 3.99. The van der Waals surface area contributed by atoms with Gasteiger partial charge in [-0.05, 0) is 49.4 Å². The van der Waals surface area contributed by atoms with E-state index in [1.807, 2.05) is 35.7 Å². The fraction of sp³-hybridized carbons (Fsp3) is 0.208. The van der Waals surface area contributed by atoms with Crippen LogP contribution in [0.2, 0.25) is 0 Å². The van der Waals surface area contributed by atoms with Gasteiger partial charge >= 0.3 is 5.97 Å². The van der Waals surface area contributed by atoms with Crippen LogP contribution in [-0.2, 0) is 14.3 Å². The predicted molar refractivity (Wildman–Crippen MR) is 123 cm³/mol. The molecule has 158 valence electrons. The minimum atomic E-state index is -1.15. The third-order valence-electron chi connectivity index (χ3n) is 5.25. The third kappa shape index (κ3) is 3.96. The van der Waals surface area contributed by atoms with E-state index >= 15 is 0 Å². The maximum absolute atomic E-state index is 13.1. The molecule has 0 spiro atoms. The Morgan fingerprint density at radius 3 is 2.52 bits per heavy atom. The second-order valence-electron chi connectivity index (χ2n) is 7.51. The molecule has 0 radical (unpaired) electrons. The number of benzene rings is 2. The lowest BCUT2D eigenvalue weighted by atomic mass is 9.98. The van der Waals surface area contributed by atoms with E-state index < -0.39 is 17.9 Å². The molecule has 0 saturated heterocycles. The molecule has 4 aromatic rings. The smallest absolute Gasteiger partial charge is 0.338 e. The van der Waals surface area contributed by atoms with Crippen molar-refractivity contribution in [1.29, 1.82) is 0 Å². The minimum Gasteiger partial charge on any atom is -0.467 e. The van der Waals surface area contributed by atoms with E-state index in [0.717, 1.165) is 33.3 Å². The van der Waals surface area contributed by atoms with E-state index in [1.54, 1.807) is 10.8 Å². The lowest BCUT2D eigenvalue weighted by Crippen LogP contribution is -2.32. The molecule has 2 aromatic heterocycles. The van der Waals surface area contributed by atoms with E-state index in [9.17, 15) is 9.59 Å². The van der Waals surface area contributed by atoms with E-state index in [1.165, 1.54) is 24.0 Å². The molecule has 2 heterocycles. The largest absolute Gasteiger partial charge is 0.467 e. The van der Waals surface area contributed by atoms with E-state index in [-0.39, 0.29) is 0 Å². The highest BCUT2D eigenvalue weighted by atomic mass is 32.1. The first-order chi connectivity index (χ1) is 14.9. The van der Waals surface area contributed by atoms with Crippen LogP contribution in [0.3, 0.4) is 0 Å². The van der Waals surface area contributed by atoms with Gasteiger partial charge in [-0.2, -0.15) is 0 Å². The number of carbonyl (C=O) groups excluding carboxylic acids is 2. The zero-order chi connectivity index (χ0) is 22.1. The summed E-state index contributed by atoms with van der Waals surface area (Å²) >= 11 is 1.33. The number of hydrogen-bond acceptors (Lipinski definition) is 5. The number of hydrogen-bond donors (Lipinski definition) is 1. The van der Waals surface area contributed by atoms with Crippen molar-refractivity contribution >= 4 is 39.2 Å². The Morgan fingerprint density at radius 1 is 1.10 bits per heavy atom. The van der Waals surface area contributed by atoms with Crippen LogP contribution in [0.15, 0.2) is 54.0 Å². The molecule has 1 amide bonds. The molecule has 0 fully saturated rings. The van der Waals surface area contributed by atoms with Gasteiger partial charge in [-0.25, -0.2) is 9.78 Å². The van der Waals surface area contributed by atoms with E-state index in [2.05, 4.69) is 43.2 Å². The third-order valence-corrected chi connectivity index (χ3v) is 6.01. The molecular weight excluding hydrogens is 410 g/mol. The normalized spacial score (nSPS) is 12.0. The number of aryl methyl sites for hydroxylation is 3. The quantitative estimate of drug-likeness (QED) is 0.353. The summed E-state index contributed by atoms with van der Waals surface area (Å²) in [5.41, 5.74) is 6.10. The van der Waals surface area contributed by atoms with Crippen LogP contribution < -0.4 is 5.32 Å². The van der Waals surface area contributed by atoms with Gasteiger partial charge in [0.1, 0.15) is 0 Å². The van der Waals surface area contributed by atoms with Gasteiger partial charge in [0.2, 0.25) is 6.04 Å². The van der Waals surface area contributed by atoms with Crippen LogP contribution in [-0.4, -0.2) is 28.5 Å². The first-order valence-electron chi connectivity index (χ1n) is 9.87. The fourth-order valence-corrected chi connectivity index (χ4v) is 4.70. The molecule has 1 N–H and O–H groups in total. The summed E-state index contributed by atoms with van der Waals surface area (Å²) in [4.78, 5) is 30.2. The number of nitrogens with one attached hydrogen (secondary N) is 1. The van der Waals surface area contributed by atoms with Gasteiger partial charge in [-0.15, -0.1) is 11.3 Å². The van der Waals surface area contributed by atoms with Crippen LogP contribution in [0.5, 0.6) is 0 Å². The average Bonchev–Trinajstić information content (AvgIpc) is 3.35. The van der Waals surface area contributed by atoms with Crippen LogP contribution in [0, 0.1) is 20.8 Å². The van der Waals surface area contributed by atoms with Crippen molar-refractivity contribution < 1.29 is 14.3 Å². The number of anilines is 1. The second-order valence-corrected chi connectivity index (χ2v) is 8.37. The Kier molecular flexibility index (Phi) is 5.61. The molecule has 31 heavy (non-hydrogen) atoms. The number of para-hydroxylation sites is 1. The first kappa shape index (κ1) is 20.8. The number of amides is 1. The highest BCUT2D eigenvalue weighted by Gasteiger charge is 2.31. The first-order valence-corrected chi connectivity index (χ1v) is 10.7. The van der Waals surface area contributed by atoms with Crippen LogP contribution in [0.25, 0.3) is 22.2 Å². The zero-order valence-corrected chi connectivity index (χ0v) is 18.6. The Balaban J connectivity index is 1.64. The summed E-state index contributed by atoms with van der Waals surface area (Å²) in [6, 6.07) is 12.5. The van der Waals surface area contributed by atoms with Gasteiger partial charge in [-0.1, -0.05) is 35.9 Å². The van der Waals surface area contributed by atoms with Crippen molar-refractivity contribution in [3.05, 3.63) is 70.7 Å². The number of methoxy groups -OCH3 is 1. The van der Waals surface area contributed by atoms with Crippen molar-refractivity contribution in [2.45, 2.75) is 26.8 Å². The monoisotopic (exact) mass is 433 g/mol. The molecule has 7 heteroatoms. The molecule has 2 aromatic carbocycles. The summed E-state index contributed by atoms with van der Waals surface area (Å²) in [6.45, 7) is 6.17. The van der Waals surface area contributed by atoms with Crippen molar-refractivity contribution in [3.63, 3.8) is 0 Å². The minimum absolute atomic E-state index is 0.435. The zero-order valence-electron chi connectivity index (χ0n) is 17.8. The number of fused-ring (bicyclic) bond motifs is 1. The van der Waals surface area contributed by atoms with E-state index in [4.69, 9.17) is 4.74 Å². The number of ether oxygens (including phenoxy) is 1. The highest BCUT2D eigenvalue weighted by molar-refractivity contribution is 7.14. The standard InChI is InChI=1S/C24H23N3O3S/c1-14-11-15(2)20(16(3)12-14)18-13-31-24(25-18)26-22(28)21(23(29)30-4)27-10-9-17-7-5-6-8-19(17)27/h5-13,21H,1-4H3,(H,25,26,28). The maximum Gasteiger partial charge on any atom is 0.338 e. The molecule has 0 bridgehead atoms. The van der Waals surface area contributed by atoms with Gasteiger partial charge in [0, 0.05) is 22.7 Å². The molecule has 0 saturated carbocycles. The molecule has 6 nitrogen and oxygen atoms in total. The van der Waals surface area contributed by atoms with Gasteiger partial charge in [0.25, 0.3) is 5.91 Å². The molecular formula is C24H23N3O3S. The summed E-state index contributed by atoms with van der Waals surface area (Å²) in [7, 11) is 1.28. The van der Waals surface area contributed by atoms with Gasteiger partial charge in [-0.3, -0.25) is 10.1 Å². The van der Waals surface area contributed by atoms with Crippen molar-refractivity contribution in [2.75, 3.05) is 12.4 Å². The lowest BCUT2D eigenvalue weighted by molar-refractivity contribution is -0.147. The Hall–Kier alpha value is -3.45. The number of rotatable bonds is 5. The van der Waals surface area contributed by atoms with Crippen molar-refractivity contribution in [1.82, 2.24) is 9.55 Å². The Labute approximate surface area is 184 Å². The summed E-state index contributed by atoms with van der Waals surface area (Å²) in [5.74, 6) is -1.13. The van der Waals surface area contributed by atoms with Gasteiger partial charge in [0.15, 0.2) is 5.13 Å². The lowest BCUT2D eigenvalue weighted by Gasteiger charge is -2.16. The molecule has 0 aliphatic rings. The average molecular weight is 434 g/mol. The molecule has 1 unspecified atom stereocenters. The molecule has 0 aliphatic carbocycles. The topological polar surface area (TPSA) is 73.2 Å². The molecule has 0 aliphatic heterocycles. The van der Waals surface area contributed by atoms with Crippen LogP contribution in [0.4, 0.5) is 5.13 Å². The predicted octanol–water partition coefficient (Wildman–Crippen LogP) is 5.04. The summed E-state index contributed by atoms with van der Waals surface area (Å²) in [6.07, 6.45) is 1.72. The number of esters is 1. The molecule has 4 rings (SSSR count). The summed E-state index contributed by atoms with van der Waals surface area (Å²) in [5, 5.41) is 6.08. The summed E-state index contributed by atoms with van der Waals surface area (Å²) < 4.78 is 6.55.